The number of sulfonamides is 1. The Bertz CT molecular complexity index is 1340. The van der Waals surface area contributed by atoms with Gasteiger partial charge in [-0.1, -0.05) is 18.2 Å². The van der Waals surface area contributed by atoms with Gasteiger partial charge in [-0.2, -0.15) is 0 Å². The Balaban J connectivity index is 1.84. The smallest absolute Gasteiger partial charge is 0.268 e. The van der Waals surface area contributed by atoms with Gasteiger partial charge in [0.05, 0.1) is 34.1 Å². The summed E-state index contributed by atoms with van der Waals surface area (Å²) in [5.74, 6) is 1.39. The number of anilines is 1. The number of nitrogens with one attached hydrogen (secondary N) is 1. The molecule has 3 rings (SSSR count). The Morgan fingerprint density at radius 1 is 0.838 bits per heavy atom. The molecule has 0 saturated carbocycles. The molecule has 37 heavy (non-hydrogen) atoms. The van der Waals surface area contributed by atoms with Crippen LogP contribution in [0.1, 0.15) is 11.1 Å². The zero-order valence-electron chi connectivity index (χ0n) is 21.6. The molecule has 1 amide bonds. The van der Waals surface area contributed by atoms with Crippen LogP contribution in [-0.4, -0.2) is 55.9 Å². The van der Waals surface area contributed by atoms with Crippen molar-refractivity contribution in [1.29, 1.82) is 0 Å². The van der Waals surface area contributed by atoms with Gasteiger partial charge in [-0.05, 0) is 60.9 Å². The highest BCUT2D eigenvalue weighted by molar-refractivity contribution is 7.93. The largest absolute Gasteiger partial charge is 0.497 e. The van der Waals surface area contributed by atoms with E-state index in [9.17, 15) is 13.2 Å². The highest BCUT2D eigenvalue weighted by atomic mass is 32.2. The van der Waals surface area contributed by atoms with Gasteiger partial charge in [0.25, 0.3) is 10.0 Å². The van der Waals surface area contributed by atoms with E-state index in [4.69, 9.17) is 18.9 Å². The van der Waals surface area contributed by atoms with Crippen molar-refractivity contribution in [1.82, 2.24) is 5.32 Å². The average molecular weight is 529 g/mol. The van der Waals surface area contributed by atoms with Gasteiger partial charge in [0.1, 0.15) is 22.9 Å². The number of hydrogen-bond acceptors (Lipinski definition) is 7. The lowest BCUT2D eigenvalue weighted by atomic mass is 10.1. The molecule has 10 heteroatoms. The highest BCUT2D eigenvalue weighted by Gasteiger charge is 2.30. The maximum Gasteiger partial charge on any atom is 0.268 e. The molecule has 0 bridgehead atoms. The molecule has 0 aliphatic carbocycles. The van der Waals surface area contributed by atoms with Gasteiger partial charge in [-0.15, -0.1) is 0 Å². The van der Waals surface area contributed by atoms with Crippen LogP contribution < -0.4 is 28.6 Å². The number of carbonyl (C=O) groups is 1. The number of amides is 1. The normalized spacial score (nSPS) is 10.9. The van der Waals surface area contributed by atoms with Crippen molar-refractivity contribution < 1.29 is 32.2 Å². The summed E-state index contributed by atoms with van der Waals surface area (Å²) in [6, 6.07) is 16.9. The van der Waals surface area contributed by atoms with Crippen molar-refractivity contribution in [2.75, 3.05) is 45.8 Å². The van der Waals surface area contributed by atoms with Gasteiger partial charge in [0.2, 0.25) is 5.91 Å². The monoisotopic (exact) mass is 528 g/mol. The van der Waals surface area contributed by atoms with Gasteiger partial charge >= 0.3 is 0 Å². The van der Waals surface area contributed by atoms with Gasteiger partial charge in [0.15, 0.2) is 11.5 Å². The fraction of sp³-hybridized carbons (Fsp3) is 0.296. The van der Waals surface area contributed by atoms with Crippen molar-refractivity contribution in [2.24, 2.45) is 0 Å². The van der Waals surface area contributed by atoms with E-state index in [0.29, 0.717) is 30.2 Å². The minimum atomic E-state index is -4.17. The van der Waals surface area contributed by atoms with Crippen LogP contribution in [0, 0.1) is 6.92 Å². The molecule has 1 N–H and O–H groups in total. The van der Waals surface area contributed by atoms with Crippen molar-refractivity contribution >= 4 is 21.6 Å². The fourth-order valence-electron chi connectivity index (χ4n) is 3.75. The average Bonchev–Trinajstić information content (AvgIpc) is 2.91. The Morgan fingerprint density at radius 2 is 1.54 bits per heavy atom. The van der Waals surface area contributed by atoms with E-state index in [1.807, 2.05) is 12.1 Å². The second-order valence-electron chi connectivity index (χ2n) is 8.16. The van der Waals surface area contributed by atoms with E-state index in [2.05, 4.69) is 5.32 Å². The van der Waals surface area contributed by atoms with Gasteiger partial charge < -0.3 is 24.3 Å². The number of rotatable bonds is 12. The van der Waals surface area contributed by atoms with Crippen molar-refractivity contribution in [3.05, 3.63) is 71.8 Å². The molecule has 0 aliphatic rings. The summed E-state index contributed by atoms with van der Waals surface area (Å²) >= 11 is 0. The van der Waals surface area contributed by atoms with Gasteiger partial charge in [-0.3, -0.25) is 9.10 Å². The predicted octanol–water partition coefficient (Wildman–Crippen LogP) is 3.58. The van der Waals surface area contributed by atoms with Crippen LogP contribution in [0.5, 0.6) is 23.0 Å². The minimum Gasteiger partial charge on any atom is -0.497 e. The molecule has 0 unspecified atom stereocenters. The molecule has 0 spiro atoms. The molecular weight excluding hydrogens is 496 g/mol. The Morgan fingerprint density at radius 3 is 2.22 bits per heavy atom. The summed E-state index contributed by atoms with van der Waals surface area (Å²) in [7, 11) is 1.84. The van der Waals surface area contributed by atoms with E-state index >= 15 is 0 Å². The Kier molecular flexibility index (Phi) is 9.24. The van der Waals surface area contributed by atoms with E-state index in [-0.39, 0.29) is 16.3 Å². The maximum absolute atomic E-state index is 13.8. The first-order valence-electron chi connectivity index (χ1n) is 11.5. The van der Waals surface area contributed by atoms with Crippen LogP contribution in [0.3, 0.4) is 0 Å². The van der Waals surface area contributed by atoms with E-state index in [1.54, 1.807) is 63.6 Å². The standard InChI is InChI=1S/C27H32N2O7S/c1-19-9-11-24(35-4)26(15-19)37(31,32)29(21-7-6-8-22(17-21)33-2)18-27(30)28-14-13-20-10-12-23(34-3)25(16-20)36-5/h6-12,15-17H,13-14,18H2,1-5H3,(H,28,30). The second kappa shape index (κ2) is 12.4. The van der Waals surface area contributed by atoms with Crippen molar-refractivity contribution in [2.45, 2.75) is 18.2 Å². The molecular formula is C27H32N2O7S. The van der Waals surface area contributed by atoms with Crippen molar-refractivity contribution in [3.63, 3.8) is 0 Å². The predicted molar refractivity (Wildman–Crippen MR) is 142 cm³/mol. The molecule has 0 aromatic heterocycles. The number of benzene rings is 3. The van der Waals surface area contributed by atoms with Crippen LogP contribution in [0.4, 0.5) is 5.69 Å². The zero-order chi connectivity index (χ0) is 27.0. The third kappa shape index (κ3) is 6.65. The van der Waals surface area contributed by atoms with E-state index < -0.39 is 22.5 Å². The molecule has 9 nitrogen and oxygen atoms in total. The lowest BCUT2D eigenvalue weighted by molar-refractivity contribution is -0.119. The number of methoxy groups -OCH3 is 4. The third-order valence-electron chi connectivity index (χ3n) is 5.70. The Hall–Kier alpha value is -3.92. The first kappa shape index (κ1) is 27.7. The summed E-state index contributed by atoms with van der Waals surface area (Å²) in [6.07, 6.45) is 0.518. The summed E-state index contributed by atoms with van der Waals surface area (Å²) < 4.78 is 49.9. The molecule has 3 aromatic carbocycles. The summed E-state index contributed by atoms with van der Waals surface area (Å²) in [4.78, 5) is 12.9. The quantitative estimate of drug-likeness (QED) is 0.383. The number of hydrogen-bond donors (Lipinski definition) is 1. The number of ether oxygens (including phenoxy) is 4. The number of carbonyl (C=O) groups excluding carboxylic acids is 1. The summed E-state index contributed by atoms with van der Waals surface area (Å²) in [5, 5.41) is 2.81. The molecule has 0 heterocycles. The van der Waals surface area contributed by atoms with Crippen LogP contribution in [-0.2, 0) is 21.2 Å². The van der Waals surface area contributed by atoms with Crippen LogP contribution in [0.15, 0.2) is 65.6 Å². The SMILES string of the molecule is COc1cccc(N(CC(=O)NCCc2ccc(OC)c(OC)c2)S(=O)(=O)c2cc(C)ccc2OC)c1. The number of nitrogens with zero attached hydrogens (tertiary/aromatic N) is 1. The second-order valence-corrected chi connectivity index (χ2v) is 9.99. The topological polar surface area (TPSA) is 103 Å². The van der Waals surface area contributed by atoms with Crippen molar-refractivity contribution in [3.8, 4) is 23.0 Å². The lowest BCUT2D eigenvalue weighted by Crippen LogP contribution is -2.41. The molecule has 3 aromatic rings. The highest BCUT2D eigenvalue weighted by Crippen LogP contribution is 2.32. The van der Waals surface area contributed by atoms with E-state index in [1.165, 1.54) is 20.3 Å². The summed E-state index contributed by atoms with van der Waals surface area (Å²) in [6.45, 7) is 1.65. The first-order valence-corrected chi connectivity index (χ1v) is 13.0. The molecule has 198 valence electrons. The van der Waals surface area contributed by atoms with Crippen LogP contribution in [0.2, 0.25) is 0 Å². The summed E-state index contributed by atoms with van der Waals surface area (Å²) in [5.41, 5.74) is 1.96. The van der Waals surface area contributed by atoms with Crippen LogP contribution in [0.25, 0.3) is 0 Å². The van der Waals surface area contributed by atoms with Crippen LogP contribution >= 0.6 is 0 Å². The minimum absolute atomic E-state index is 0.0315. The van der Waals surface area contributed by atoms with Gasteiger partial charge in [0, 0.05) is 12.6 Å². The number of aryl methyl sites for hydroxylation is 1. The van der Waals surface area contributed by atoms with E-state index in [0.717, 1.165) is 15.4 Å². The fourth-order valence-corrected chi connectivity index (χ4v) is 5.41. The van der Waals surface area contributed by atoms with Gasteiger partial charge in [-0.25, -0.2) is 8.42 Å². The molecule has 0 aliphatic heterocycles. The Labute approximate surface area is 218 Å². The molecule has 0 fully saturated rings. The lowest BCUT2D eigenvalue weighted by Gasteiger charge is -2.25. The third-order valence-corrected chi connectivity index (χ3v) is 7.49. The molecule has 0 saturated heterocycles. The maximum atomic E-state index is 13.8. The molecule has 0 radical (unpaired) electrons. The zero-order valence-corrected chi connectivity index (χ0v) is 22.4. The molecule has 0 atom stereocenters. The first-order chi connectivity index (χ1) is 17.7.